The van der Waals surface area contributed by atoms with Gasteiger partial charge in [0.05, 0.1) is 0 Å². The van der Waals surface area contributed by atoms with Crippen molar-refractivity contribution in [1.29, 1.82) is 0 Å². The number of unbranched alkanes of at least 4 members (excludes halogenated alkanes) is 6. The summed E-state index contributed by atoms with van der Waals surface area (Å²) in [7, 11) is -0.787. The first-order valence-electron chi connectivity index (χ1n) is 8.00. The molecule has 1 amide bonds. The van der Waals surface area contributed by atoms with Gasteiger partial charge in [-0.3, -0.25) is 9.00 Å². The number of rotatable bonds is 13. The SMILES string of the molecule is CCCCCCCC=CC(=O)NCCS(=O)CCCC. The summed E-state index contributed by atoms with van der Waals surface area (Å²) in [6, 6.07) is 0. The predicted molar refractivity (Wildman–Crippen MR) is 88.3 cm³/mol. The van der Waals surface area contributed by atoms with E-state index in [9.17, 15) is 9.00 Å². The fraction of sp³-hybridized carbons (Fsp3) is 0.812. The van der Waals surface area contributed by atoms with Crippen molar-refractivity contribution in [1.82, 2.24) is 5.32 Å². The van der Waals surface area contributed by atoms with Crippen molar-refractivity contribution in [2.45, 2.75) is 65.2 Å². The number of hydrogen-bond acceptors (Lipinski definition) is 2. The van der Waals surface area contributed by atoms with E-state index in [0.717, 1.165) is 31.4 Å². The Labute approximate surface area is 127 Å². The highest BCUT2D eigenvalue weighted by Gasteiger charge is 2.00. The van der Waals surface area contributed by atoms with Crippen LogP contribution in [0.1, 0.15) is 65.2 Å². The van der Waals surface area contributed by atoms with E-state index < -0.39 is 10.8 Å². The van der Waals surface area contributed by atoms with Gasteiger partial charge in [0.25, 0.3) is 0 Å². The second-order valence-corrected chi connectivity index (χ2v) is 6.79. The van der Waals surface area contributed by atoms with Gasteiger partial charge in [0.2, 0.25) is 5.91 Å². The lowest BCUT2D eigenvalue weighted by Crippen LogP contribution is -2.26. The van der Waals surface area contributed by atoms with E-state index in [-0.39, 0.29) is 5.91 Å². The topological polar surface area (TPSA) is 46.2 Å². The average molecular weight is 301 g/mol. The van der Waals surface area contributed by atoms with Crippen molar-refractivity contribution < 1.29 is 9.00 Å². The molecule has 0 saturated carbocycles. The number of carbonyl (C=O) groups is 1. The maximum absolute atomic E-state index is 11.5. The minimum Gasteiger partial charge on any atom is -0.352 e. The van der Waals surface area contributed by atoms with Gasteiger partial charge in [0.15, 0.2) is 0 Å². The van der Waals surface area contributed by atoms with Gasteiger partial charge in [-0.25, -0.2) is 0 Å². The molecule has 0 aromatic carbocycles. The maximum Gasteiger partial charge on any atom is 0.243 e. The van der Waals surface area contributed by atoms with Crippen LogP contribution < -0.4 is 5.32 Å². The Hall–Kier alpha value is -0.640. The minimum atomic E-state index is -0.787. The summed E-state index contributed by atoms with van der Waals surface area (Å²) in [5, 5.41) is 2.78. The fourth-order valence-electron chi connectivity index (χ4n) is 1.81. The molecule has 1 atom stereocenters. The average Bonchev–Trinajstić information content (AvgIpc) is 2.44. The lowest BCUT2D eigenvalue weighted by molar-refractivity contribution is -0.116. The van der Waals surface area contributed by atoms with Gasteiger partial charge >= 0.3 is 0 Å². The van der Waals surface area contributed by atoms with E-state index >= 15 is 0 Å². The highest BCUT2D eigenvalue weighted by molar-refractivity contribution is 7.84. The normalized spacial score (nSPS) is 12.7. The number of amides is 1. The van der Waals surface area contributed by atoms with Crippen LogP contribution in [0, 0.1) is 0 Å². The lowest BCUT2D eigenvalue weighted by atomic mass is 10.1. The van der Waals surface area contributed by atoms with Gasteiger partial charge in [-0.1, -0.05) is 52.0 Å². The second kappa shape index (κ2) is 14.8. The zero-order valence-corrected chi connectivity index (χ0v) is 14.0. The molecule has 0 saturated heterocycles. The zero-order valence-electron chi connectivity index (χ0n) is 13.2. The summed E-state index contributed by atoms with van der Waals surface area (Å²) in [4.78, 5) is 11.5. The van der Waals surface area contributed by atoms with Gasteiger partial charge in [-0.15, -0.1) is 0 Å². The van der Waals surface area contributed by atoms with E-state index in [1.54, 1.807) is 6.08 Å². The number of hydrogen-bond donors (Lipinski definition) is 1. The molecule has 0 aromatic rings. The standard InChI is InChI=1S/C16H31NO2S/c1-3-5-7-8-9-10-11-12-16(18)17-13-15-20(19)14-6-4-2/h11-12H,3-10,13-15H2,1-2H3,(H,17,18). The monoisotopic (exact) mass is 301 g/mol. The van der Waals surface area contributed by atoms with Crippen molar-refractivity contribution in [2.75, 3.05) is 18.1 Å². The molecule has 0 heterocycles. The molecule has 0 aliphatic rings. The van der Waals surface area contributed by atoms with Crippen molar-refractivity contribution >= 4 is 16.7 Å². The third-order valence-corrected chi connectivity index (χ3v) is 4.50. The Balaban J connectivity index is 3.46. The van der Waals surface area contributed by atoms with Crippen LogP contribution in [0.5, 0.6) is 0 Å². The van der Waals surface area contributed by atoms with Crippen LogP contribution >= 0.6 is 0 Å². The molecule has 0 aliphatic heterocycles. The zero-order chi connectivity index (χ0) is 15.1. The first kappa shape index (κ1) is 19.4. The Morgan fingerprint density at radius 3 is 2.40 bits per heavy atom. The highest BCUT2D eigenvalue weighted by atomic mass is 32.2. The first-order valence-corrected chi connectivity index (χ1v) is 9.48. The fourth-order valence-corrected chi connectivity index (χ4v) is 2.96. The van der Waals surface area contributed by atoms with Gasteiger partial charge in [-0.05, 0) is 25.3 Å². The molecule has 0 aromatic heterocycles. The van der Waals surface area contributed by atoms with Crippen LogP contribution in [-0.2, 0) is 15.6 Å². The van der Waals surface area contributed by atoms with Gasteiger partial charge in [0, 0.05) is 28.9 Å². The molecule has 1 unspecified atom stereocenters. The smallest absolute Gasteiger partial charge is 0.243 e. The lowest BCUT2D eigenvalue weighted by Gasteiger charge is -2.02. The largest absolute Gasteiger partial charge is 0.352 e. The van der Waals surface area contributed by atoms with E-state index in [1.807, 2.05) is 6.08 Å². The molecule has 3 nitrogen and oxygen atoms in total. The van der Waals surface area contributed by atoms with Crippen molar-refractivity contribution in [2.24, 2.45) is 0 Å². The molecule has 20 heavy (non-hydrogen) atoms. The molecule has 0 bridgehead atoms. The number of nitrogens with one attached hydrogen (secondary N) is 1. The van der Waals surface area contributed by atoms with E-state index in [0.29, 0.717) is 12.3 Å². The van der Waals surface area contributed by atoms with Crippen LogP contribution in [0.4, 0.5) is 0 Å². The third-order valence-electron chi connectivity index (χ3n) is 3.10. The predicted octanol–water partition coefficient (Wildman–Crippen LogP) is 3.57. The van der Waals surface area contributed by atoms with Crippen molar-refractivity contribution in [3.63, 3.8) is 0 Å². The molecule has 0 fully saturated rings. The van der Waals surface area contributed by atoms with E-state index in [4.69, 9.17) is 0 Å². The molecule has 0 radical (unpaired) electrons. The molecule has 0 rings (SSSR count). The van der Waals surface area contributed by atoms with Crippen LogP contribution in [0.2, 0.25) is 0 Å². The van der Waals surface area contributed by atoms with Gasteiger partial charge < -0.3 is 5.32 Å². The molecular formula is C16H31NO2S. The summed E-state index contributed by atoms with van der Waals surface area (Å²) < 4.78 is 11.5. The third kappa shape index (κ3) is 13.8. The maximum atomic E-state index is 11.5. The van der Waals surface area contributed by atoms with Crippen LogP contribution in [0.15, 0.2) is 12.2 Å². The molecule has 4 heteroatoms. The van der Waals surface area contributed by atoms with Gasteiger partial charge in [-0.2, -0.15) is 0 Å². The molecule has 0 aliphatic carbocycles. The Kier molecular flexibility index (Phi) is 14.3. The van der Waals surface area contributed by atoms with E-state index in [2.05, 4.69) is 19.2 Å². The Morgan fingerprint density at radius 1 is 1.00 bits per heavy atom. The summed E-state index contributed by atoms with van der Waals surface area (Å²) in [5.41, 5.74) is 0. The first-order chi connectivity index (χ1) is 9.70. The quantitative estimate of drug-likeness (QED) is 0.417. The summed E-state index contributed by atoms with van der Waals surface area (Å²) in [6.45, 7) is 4.81. The molecular weight excluding hydrogens is 270 g/mol. The van der Waals surface area contributed by atoms with Gasteiger partial charge in [0.1, 0.15) is 0 Å². The summed E-state index contributed by atoms with van der Waals surface area (Å²) in [5.74, 6) is 1.25. The Bertz CT molecular complexity index is 290. The minimum absolute atomic E-state index is 0.0638. The second-order valence-electron chi connectivity index (χ2n) is 5.10. The van der Waals surface area contributed by atoms with Crippen LogP contribution in [0.25, 0.3) is 0 Å². The number of allylic oxidation sites excluding steroid dienone is 1. The number of carbonyl (C=O) groups excluding carboxylic acids is 1. The summed E-state index contributed by atoms with van der Waals surface area (Å²) >= 11 is 0. The molecule has 0 spiro atoms. The molecule has 118 valence electrons. The van der Waals surface area contributed by atoms with Crippen LogP contribution in [0.3, 0.4) is 0 Å². The van der Waals surface area contributed by atoms with Crippen molar-refractivity contribution in [3.05, 3.63) is 12.2 Å². The van der Waals surface area contributed by atoms with E-state index in [1.165, 1.54) is 25.7 Å². The van der Waals surface area contributed by atoms with Crippen molar-refractivity contribution in [3.8, 4) is 0 Å². The van der Waals surface area contributed by atoms with Crippen LogP contribution in [-0.4, -0.2) is 28.2 Å². The highest BCUT2D eigenvalue weighted by Crippen LogP contribution is 2.05. The molecule has 1 N–H and O–H groups in total. The summed E-state index contributed by atoms with van der Waals surface area (Å²) in [6.07, 6.45) is 12.8. The Morgan fingerprint density at radius 2 is 1.70 bits per heavy atom.